The third kappa shape index (κ3) is 17.0. The van der Waals surface area contributed by atoms with Gasteiger partial charge in [-0.25, -0.2) is 14.8 Å². The van der Waals surface area contributed by atoms with E-state index in [9.17, 15) is 14.4 Å². The number of carbonyl (C=O) groups is 4. The number of thiophene rings is 2. The molecule has 0 radical (unpaired) electrons. The summed E-state index contributed by atoms with van der Waals surface area (Å²) in [5, 5.41) is 5.60. The van der Waals surface area contributed by atoms with Crippen molar-refractivity contribution in [3.63, 3.8) is 0 Å². The van der Waals surface area contributed by atoms with Crippen LogP contribution >= 0.6 is 22.7 Å². The fourth-order valence-electron chi connectivity index (χ4n) is 4.86. The highest BCUT2D eigenvalue weighted by molar-refractivity contribution is 7.31. The lowest BCUT2D eigenvalue weighted by Crippen LogP contribution is -2.51. The minimum atomic E-state index is -0.691. The highest BCUT2D eigenvalue weighted by atomic mass is 32.1. The number of aromatic amines is 2. The van der Waals surface area contributed by atoms with Crippen LogP contribution in [0, 0.1) is 5.92 Å². The first-order valence-electron chi connectivity index (χ1n) is 19.1. The van der Waals surface area contributed by atoms with Crippen molar-refractivity contribution in [3.05, 3.63) is 36.2 Å². The molecule has 4 N–H and O–H groups in total. The van der Waals surface area contributed by atoms with E-state index in [4.69, 9.17) is 9.53 Å². The molecule has 0 aliphatic carbocycles. The van der Waals surface area contributed by atoms with Crippen molar-refractivity contribution in [1.82, 2.24) is 40.4 Å². The van der Waals surface area contributed by atoms with Crippen LogP contribution in [0.3, 0.4) is 0 Å². The molecule has 4 heterocycles. The summed E-state index contributed by atoms with van der Waals surface area (Å²) in [6, 6.07) is 3.61. The van der Waals surface area contributed by atoms with Crippen molar-refractivity contribution >= 4 is 56.5 Å². The Bertz CT molecular complexity index is 1620. The van der Waals surface area contributed by atoms with Crippen LogP contribution in [0.4, 0.5) is 4.79 Å². The standard InChI is InChI=1S/C30H42N8O4S2.C3H8.C2H4O2.2C2H6/c1-7-9-37(27(39)15-31-5)16-25-32-13-19(34-25)21-11-23-24(43-21)12-22(44-23)20-14-33-26(35-20)17-38(10-8-2)29(40)28(18(3)4)36-30(41)42-6;1-3-2;1-4-2-3;2*1-2/h11-14,18,28,31H,7-10,15-17H2,1-6H3,(H,32,34)(H,33,35)(H,36,41);3H2,1-2H3;2H,1H3;2*1-2H3. The largest absolute Gasteiger partial charge is 0.471 e. The first-order valence-corrected chi connectivity index (χ1v) is 20.8. The molecule has 4 aromatic heterocycles. The molecule has 0 saturated carbocycles. The van der Waals surface area contributed by atoms with Crippen molar-refractivity contribution in [1.29, 1.82) is 0 Å². The number of H-pyrrole nitrogens is 2. The topological polar surface area (TPSA) is 175 Å². The maximum absolute atomic E-state index is 13.4. The van der Waals surface area contributed by atoms with Gasteiger partial charge in [0.1, 0.15) is 17.7 Å². The number of imidazole rings is 2. The first kappa shape index (κ1) is 50.7. The number of hydrogen-bond acceptors (Lipinski definition) is 11. The number of rotatable bonds is 16. The van der Waals surface area contributed by atoms with Crippen molar-refractivity contribution in [2.24, 2.45) is 5.92 Å². The zero-order chi connectivity index (χ0) is 41.9. The molecule has 310 valence electrons. The summed E-state index contributed by atoms with van der Waals surface area (Å²) in [7, 11) is 4.37. The molecule has 55 heavy (non-hydrogen) atoms. The number of alkyl carbamates (subject to hydrolysis) is 1. The Morgan fingerprint density at radius 2 is 1.27 bits per heavy atom. The van der Waals surface area contributed by atoms with E-state index in [-0.39, 0.29) is 17.7 Å². The number of amides is 3. The number of ether oxygens (including phenoxy) is 2. The van der Waals surface area contributed by atoms with E-state index in [1.807, 2.05) is 59.6 Å². The van der Waals surface area contributed by atoms with E-state index in [0.717, 1.165) is 49.2 Å². The molecule has 0 aromatic carbocycles. The third-order valence-corrected chi connectivity index (χ3v) is 9.50. The van der Waals surface area contributed by atoms with Crippen molar-refractivity contribution < 1.29 is 28.7 Å². The molecular formula is C39H66N8O6S2. The molecule has 4 rings (SSSR count). The van der Waals surface area contributed by atoms with E-state index < -0.39 is 12.1 Å². The molecular weight excluding hydrogens is 741 g/mol. The molecule has 14 nitrogen and oxygen atoms in total. The summed E-state index contributed by atoms with van der Waals surface area (Å²) in [5.74, 6) is 1.22. The molecule has 16 heteroatoms. The number of aromatic nitrogens is 4. The van der Waals surface area contributed by atoms with E-state index in [1.54, 1.807) is 40.8 Å². The van der Waals surface area contributed by atoms with Gasteiger partial charge in [-0.05, 0) is 37.9 Å². The van der Waals surface area contributed by atoms with Gasteiger partial charge in [0.2, 0.25) is 11.8 Å². The Hall–Kier alpha value is -4.28. The first-order chi connectivity index (χ1) is 26.5. The van der Waals surface area contributed by atoms with Crippen LogP contribution in [0.15, 0.2) is 24.5 Å². The fourth-order valence-corrected chi connectivity index (χ4v) is 7.18. The van der Waals surface area contributed by atoms with Crippen molar-refractivity contribution in [3.8, 4) is 21.1 Å². The van der Waals surface area contributed by atoms with Crippen LogP contribution in [0.1, 0.15) is 100 Å². The lowest BCUT2D eigenvalue weighted by molar-refractivity contribution is -0.135. The number of carbonyl (C=O) groups excluding carboxylic acids is 4. The number of nitrogens with zero attached hydrogens (tertiary/aromatic N) is 4. The average Bonchev–Trinajstić information content (AvgIpc) is 4.00. The van der Waals surface area contributed by atoms with Gasteiger partial charge < -0.3 is 39.9 Å². The average molecular weight is 807 g/mol. The molecule has 0 aliphatic heterocycles. The molecule has 1 unspecified atom stereocenters. The molecule has 4 aromatic rings. The van der Waals surface area contributed by atoms with Crippen LogP contribution in [-0.4, -0.2) is 101 Å². The Kier molecular flexibility index (Phi) is 26.8. The van der Waals surface area contributed by atoms with Gasteiger partial charge in [0.05, 0.1) is 67.4 Å². The highest BCUT2D eigenvalue weighted by Gasteiger charge is 2.29. The fraction of sp³-hybridized carbons (Fsp3) is 0.590. The van der Waals surface area contributed by atoms with Gasteiger partial charge in [-0.15, -0.1) is 22.7 Å². The zero-order valence-electron chi connectivity index (χ0n) is 35.3. The number of fused-ring (bicyclic) bond motifs is 1. The van der Waals surface area contributed by atoms with E-state index in [1.165, 1.54) is 20.6 Å². The summed E-state index contributed by atoms with van der Waals surface area (Å²) in [5.41, 5.74) is 1.82. The van der Waals surface area contributed by atoms with Crippen molar-refractivity contribution in [2.45, 2.75) is 108 Å². The molecule has 1 atom stereocenters. The minimum absolute atomic E-state index is 0.0541. The van der Waals surface area contributed by atoms with Gasteiger partial charge in [-0.2, -0.15) is 0 Å². The molecule has 0 saturated heterocycles. The van der Waals surface area contributed by atoms with E-state index in [0.29, 0.717) is 45.0 Å². The summed E-state index contributed by atoms with van der Waals surface area (Å²) in [6.07, 6.45) is 5.90. The van der Waals surface area contributed by atoms with Gasteiger partial charge in [-0.3, -0.25) is 14.4 Å². The number of methoxy groups -OCH3 is 2. The van der Waals surface area contributed by atoms with Crippen LogP contribution in [0.5, 0.6) is 0 Å². The Balaban J connectivity index is 0.00000238. The lowest BCUT2D eigenvalue weighted by Gasteiger charge is -2.28. The Morgan fingerprint density at radius 3 is 1.65 bits per heavy atom. The zero-order valence-corrected chi connectivity index (χ0v) is 36.9. The normalized spacial score (nSPS) is 10.6. The van der Waals surface area contributed by atoms with E-state index >= 15 is 0 Å². The van der Waals surface area contributed by atoms with Gasteiger partial charge >= 0.3 is 6.09 Å². The summed E-state index contributed by atoms with van der Waals surface area (Å²) < 4.78 is 10.9. The van der Waals surface area contributed by atoms with Crippen molar-refractivity contribution in [2.75, 3.05) is 40.9 Å². The minimum Gasteiger partial charge on any atom is -0.471 e. The number of nitrogens with one attached hydrogen (secondary N) is 4. The van der Waals surface area contributed by atoms with E-state index in [2.05, 4.69) is 68.2 Å². The summed E-state index contributed by atoms with van der Waals surface area (Å²) in [4.78, 5) is 68.2. The maximum Gasteiger partial charge on any atom is 0.407 e. The number of hydrogen-bond donors (Lipinski definition) is 4. The quantitative estimate of drug-likeness (QED) is 0.0816. The highest BCUT2D eigenvalue weighted by Crippen LogP contribution is 2.41. The summed E-state index contributed by atoms with van der Waals surface area (Å²) >= 11 is 3.35. The lowest BCUT2D eigenvalue weighted by atomic mass is 10.0. The van der Waals surface area contributed by atoms with Crippen LogP contribution in [-0.2, 0) is 36.9 Å². The second-order valence-corrected chi connectivity index (χ2v) is 14.1. The molecule has 3 amide bonds. The van der Waals surface area contributed by atoms with Gasteiger partial charge in [-0.1, -0.05) is 75.7 Å². The number of likely N-dealkylation sites (N-methyl/N-ethyl adjacent to an activating group) is 1. The molecule has 0 bridgehead atoms. The predicted molar refractivity (Wildman–Crippen MR) is 226 cm³/mol. The second-order valence-electron chi connectivity index (χ2n) is 11.9. The monoisotopic (exact) mass is 806 g/mol. The van der Waals surface area contributed by atoms with Crippen LogP contribution in [0.2, 0.25) is 0 Å². The SMILES string of the molecule is CC.CC.CCC.CCCN(Cc1ncc(-c2cc3sc(-c4cnc(CN(CCC)C(=O)C(NC(=O)OC)C(C)C)[nH]4)cc3s2)[nH]1)C(=O)CNC.COC=O. The molecule has 0 spiro atoms. The van der Waals surface area contributed by atoms with Crippen LogP contribution < -0.4 is 10.6 Å². The predicted octanol–water partition coefficient (Wildman–Crippen LogP) is 8.08. The van der Waals surface area contributed by atoms with Gasteiger partial charge in [0, 0.05) is 22.5 Å². The Labute approximate surface area is 336 Å². The molecule has 0 aliphatic rings. The Morgan fingerprint density at radius 1 is 0.836 bits per heavy atom. The third-order valence-electron chi connectivity index (χ3n) is 7.14. The summed E-state index contributed by atoms with van der Waals surface area (Å²) in [6.45, 7) is 22.8. The van der Waals surface area contributed by atoms with Crippen LogP contribution in [0.25, 0.3) is 30.5 Å². The second kappa shape index (κ2) is 29.1. The molecule has 0 fully saturated rings. The van der Waals surface area contributed by atoms with Gasteiger partial charge in [0.25, 0.3) is 6.47 Å². The van der Waals surface area contributed by atoms with Gasteiger partial charge in [0.15, 0.2) is 0 Å². The maximum atomic E-state index is 13.4. The smallest absolute Gasteiger partial charge is 0.407 e.